The molecule has 19 heavy (non-hydrogen) atoms. The van der Waals surface area contributed by atoms with Gasteiger partial charge >= 0.3 is 0 Å². The number of nitrogens with zero attached hydrogens (tertiary/aromatic N) is 2. The van der Waals surface area contributed by atoms with Crippen molar-refractivity contribution in [2.45, 2.75) is 18.5 Å². The number of thioether (sulfide) groups is 1. The minimum atomic E-state index is -0.184. The molecule has 0 saturated carbocycles. The molecular formula is C12H13N3OS3. The van der Waals surface area contributed by atoms with E-state index in [-0.39, 0.29) is 5.91 Å². The highest BCUT2D eigenvalue weighted by Crippen LogP contribution is 2.20. The van der Waals surface area contributed by atoms with Crippen LogP contribution < -0.4 is 5.32 Å². The summed E-state index contributed by atoms with van der Waals surface area (Å²) in [6.45, 7) is 2.11. The maximum Gasteiger partial charge on any atom is 0.250 e. The maximum atomic E-state index is 11.7. The lowest BCUT2D eigenvalue weighted by Gasteiger charge is -1.94. The molecule has 0 fully saturated rings. The molecule has 2 aromatic heterocycles. The Morgan fingerprint density at radius 2 is 2.47 bits per heavy atom. The third kappa shape index (κ3) is 4.77. The molecule has 1 amide bonds. The Kier molecular flexibility index (Phi) is 5.56. The van der Waals surface area contributed by atoms with E-state index in [1.807, 2.05) is 17.5 Å². The lowest BCUT2D eigenvalue weighted by Crippen LogP contribution is -2.07. The van der Waals surface area contributed by atoms with Crippen molar-refractivity contribution in [2.24, 2.45) is 0 Å². The van der Waals surface area contributed by atoms with Crippen LogP contribution in [-0.4, -0.2) is 21.0 Å². The molecule has 0 spiro atoms. The Morgan fingerprint density at radius 1 is 1.58 bits per heavy atom. The van der Waals surface area contributed by atoms with Crippen molar-refractivity contribution in [1.29, 1.82) is 0 Å². The molecule has 0 radical (unpaired) electrons. The fraction of sp³-hybridized carbons (Fsp3) is 0.250. The molecule has 0 saturated heterocycles. The molecule has 2 heterocycles. The van der Waals surface area contributed by atoms with Gasteiger partial charge in [-0.2, -0.15) is 9.36 Å². The first-order chi connectivity index (χ1) is 9.28. The summed E-state index contributed by atoms with van der Waals surface area (Å²) in [6, 6.07) is 3.91. The Labute approximate surface area is 124 Å². The summed E-state index contributed by atoms with van der Waals surface area (Å²) >= 11 is 4.40. The molecule has 4 nitrogen and oxygen atoms in total. The second kappa shape index (κ2) is 7.42. The van der Waals surface area contributed by atoms with Gasteiger partial charge in [-0.3, -0.25) is 10.1 Å². The molecule has 100 valence electrons. The quantitative estimate of drug-likeness (QED) is 0.652. The van der Waals surface area contributed by atoms with Crippen LogP contribution in [0, 0.1) is 0 Å². The van der Waals surface area contributed by atoms with Crippen LogP contribution in [0.4, 0.5) is 5.13 Å². The zero-order valence-corrected chi connectivity index (χ0v) is 12.8. The zero-order chi connectivity index (χ0) is 13.5. The minimum Gasteiger partial charge on any atom is -0.297 e. The summed E-state index contributed by atoms with van der Waals surface area (Å²) < 4.78 is 4.17. The minimum absolute atomic E-state index is 0.184. The highest BCUT2D eigenvalue weighted by molar-refractivity contribution is 7.99. The first-order valence-electron chi connectivity index (χ1n) is 5.77. The summed E-state index contributed by atoms with van der Waals surface area (Å²) in [7, 11) is 0. The number of aromatic nitrogens is 2. The van der Waals surface area contributed by atoms with Crippen molar-refractivity contribution in [1.82, 2.24) is 9.36 Å². The van der Waals surface area contributed by atoms with E-state index in [9.17, 15) is 4.79 Å². The van der Waals surface area contributed by atoms with Crippen LogP contribution in [0.5, 0.6) is 0 Å². The fourth-order valence-electron chi connectivity index (χ4n) is 1.20. The zero-order valence-electron chi connectivity index (χ0n) is 10.3. The molecule has 0 unspecified atom stereocenters. The second-order valence-corrected chi connectivity index (χ2v) is 6.36. The smallest absolute Gasteiger partial charge is 0.250 e. The Bertz CT molecular complexity index is 548. The molecule has 7 heteroatoms. The largest absolute Gasteiger partial charge is 0.297 e. The summed E-state index contributed by atoms with van der Waals surface area (Å²) in [5, 5.41) is 5.95. The third-order valence-corrected chi connectivity index (χ3v) is 4.65. The van der Waals surface area contributed by atoms with E-state index < -0.39 is 0 Å². The van der Waals surface area contributed by atoms with Crippen LogP contribution in [0.15, 0.2) is 28.7 Å². The molecular weight excluding hydrogens is 298 g/mol. The van der Waals surface area contributed by atoms with Gasteiger partial charge in [0.05, 0.1) is 0 Å². The van der Waals surface area contributed by atoms with Crippen LogP contribution in [0.3, 0.4) is 0 Å². The first-order valence-corrected chi connectivity index (χ1v) is 8.41. The topological polar surface area (TPSA) is 54.9 Å². The predicted molar refractivity (Wildman–Crippen MR) is 82.9 cm³/mol. The van der Waals surface area contributed by atoms with E-state index in [1.165, 1.54) is 17.6 Å². The lowest BCUT2D eigenvalue weighted by molar-refractivity contribution is -0.111. The average molecular weight is 311 g/mol. The van der Waals surface area contributed by atoms with Crippen LogP contribution in [0.2, 0.25) is 0 Å². The molecule has 0 bridgehead atoms. The fourth-order valence-corrected chi connectivity index (χ4v) is 3.22. The monoisotopic (exact) mass is 311 g/mol. The van der Waals surface area contributed by atoms with Crippen molar-refractivity contribution in [3.05, 3.63) is 28.5 Å². The van der Waals surface area contributed by atoms with Gasteiger partial charge in [0.2, 0.25) is 16.2 Å². The van der Waals surface area contributed by atoms with E-state index in [0.717, 1.165) is 22.2 Å². The molecule has 0 aromatic carbocycles. The van der Waals surface area contributed by atoms with Gasteiger partial charge in [-0.05, 0) is 23.9 Å². The number of thiophene rings is 1. The Hall–Kier alpha value is -1.18. The molecule has 0 atom stereocenters. The summed E-state index contributed by atoms with van der Waals surface area (Å²) in [6.07, 6.45) is 4.37. The van der Waals surface area contributed by atoms with E-state index in [4.69, 9.17) is 0 Å². The molecule has 0 aliphatic heterocycles. The number of carbonyl (C=O) groups is 1. The van der Waals surface area contributed by atoms with E-state index >= 15 is 0 Å². The molecule has 1 N–H and O–H groups in total. The number of hydrogen-bond donors (Lipinski definition) is 1. The SMILES string of the molecule is CCCSc1nsc(NC(=O)/C=C/c2cccs2)n1. The van der Waals surface area contributed by atoms with Crippen LogP contribution in [-0.2, 0) is 4.79 Å². The highest BCUT2D eigenvalue weighted by Gasteiger charge is 2.06. The van der Waals surface area contributed by atoms with Crippen molar-refractivity contribution in [3.63, 3.8) is 0 Å². The summed E-state index contributed by atoms with van der Waals surface area (Å²) in [4.78, 5) is 17.0. The Morgan fingerprint density at radius 3 is 3.21 bits per heavy atom. The van der Waals surface area contributed by atoms with Gasteiger partial charge in [-0.15, -0.1) is 11.3 Å². The summed E-state index contributed by atoms with van der Waals surface area (Å²) in [5.74, 6) is 0.805. The highest BCUT2D eigenvalue weighted by atomic mass is 32.2. The third-order valence-electron chi connectivity index (χ3n) is 2.01. The van der Waals surface area contributed by atoms with Gasteiger partial charge < -0.3 is 0 Å². The van der Waals surface area contributed by atoms with Gasteiger partial charge in [-0.25, -0.2) is 0 Å². The molecule has 0 aliphatic rings. The van der Waals surface area contributed by atoms with Crippen molar-refractivity contribution in [2.75, 3.05) is 11.1 Å². The number of nitrogens with one attached hydrogen (secondary N) is 1. The molecule has 2 rings (SSSR count). The van der Waals surface area contributed by atoms with E-state index in [2.05, 4.69) is 21.6 Å². The van der Waals surface area contributed by atoms with Gasteiger partial charge in [-0.1, -0.05) is 24.8 Å². The molecule has 2 aromatic rings. The van der Waals surface area contributed by atoms with Crippen LogP contribution in [0.1, 0.15) is 18.2 Å². The van der Waals surface area contributed by atoms with Gasteiger partial charge in [0, 0.05) is 28.2 Å². The van der Waals surface area contributed by atoms with Crippen molar-refractivity contribution in [3.8, 4) is 0 Å². The normalized spacial score (nSPS) is 11.0. The number of carbonyl (C=O) groups excluding carboxylic acids is 1. The summed E-state index contributed by atoms with van der Waals surface area (Å²) in [5.41, 5.74) is 0. The lowest BCUT2D eigenvalue weighted by atomic mass is 10.4. The number of anilines is 1. The van der Waals surface area contributed by atoms with Crippen molar-refractivity contribution >= 4 is 51.7 Å². The van der Waals surface area contributed by atoms with Gasteiger partial charge in [0.15, 0.2) is 0 Å². The maximum absolute atomic E-state index is 11.7. The van der Waals surface area contributed by atoms with E-state index in [1.54, 1.807) is 29.2 Å². The average Bonchev–Trinajstić information content (AvgIpc) is 3.05. The first kappa shape index (κ1) is 14.2. The van der Waals surface area contributed by atoms with Crippen molar-refractivity contribution < 1.29 is 4.79 Å². The number of hydrogen-bond acceptors (Lipinski definition) is 6. The van der Waals surface area contributed by atoms with E-state index in [0.29, 0.717) is 5.13 Å². The molecule has 0 aliphatic carbocycles. The van der Waals surface area contributed by atoms with Crippen LogP contribution >= 0.6 is 34.6 Å². The predicted octanol–water partition coefficient (Wildman–Crippen LogP) is 3.75. The number of amides is 1. The van der Waals surface area contributed by atoms with Crippen LogP contribution in [0.25, 0.3) is 6.08 Å². The van der Waals surface area contributed by atoms with Gasteiger partial charge in [0.25, 0.3) is 0 Å². The standard InChI is InChI=1S/C12H13N3OS3/c1-2-7-18-12-14-11(19-15-12)13-10(16)6-5-9-4-3-8-17-9/h3-6,8H,2,7H2,1H3,(H,13,14,15,16)/b6-5+. The Balaban J connectivity index is 1.86. The number of rotatable bonds is 6. The van der Waals surface area contributed by atoms with Gasteiger partial charge in [0.1, 0.15) is 0 Å². The second-order valence-electron chi connectivity index (χ2n) is 3.57.